The minimum atomic E-state index is -4.27. The Hall–Kier alpha value is -1.02. The fourth-order valence-electron chi connectivity index (χ4n) is 5.25. The fourth-order valence-corrected chi connectivity index (χ4v) is 6.01. The van der Waals surface area contributed by atoms with Gasteiger partial charge >= 0.3 is 13.8 Å². The molecular formula is C38H74NO7P. The summed E-state index contributed by atoms with van der Waals surface area (Å²) in [5.74, 6) is -0.334. The highest BCUT2D eigenvalue weighted by molar-refractivity contribution is 7.47. The minimum Gasteiger partial charge on any atom is -0.457 e. The van der Waals surface area contributed by atoms with Gasteiger partial charge < -0.3 is 20.1 Å². The van der Waals surface area contributed by atoms with Gasteiger partial charge in [-0.3, -0.25) is 13.8 Å². The molecule has 0 radical (unpaired) electrons. The number of hydrogen-bond acceptors (Lipinski definition) is 7. The molecule has 0 amide bonds. The molecule has 0 aromatic rings. The van der Waals surface area contributed by atoms with E-state index in [1.807, 2.05) is 0 Å². The van der Waals surface area contributed by atoms with Crippen LogP contribution in [0.4, 0.5) is 0 Å². The van der Waals surface area contributed by atoms with Gasteiger partial charge in [0.2, 0.25) is 0 Å². The molecule has 47 heavy (non-hydrogen) atoms. The van der Waals surface area contributed by atoms with E-state index < -0.39 is 13.9 Å². The maximum absolute atomic E-state index is 12.5. The zero-order valence-corrected chi connectivity index (χ0v) is 31.4. The second kappa shape index (κ2) is 36.3. The van der Waals surface area contributed by atoms with Crippen LogP contribution in [0.5, 0.6) is 0 Å². The van der Waals surface area contributed by atoms with Crippen molar-refractivity contribution in [2.45, 2.75) is 180 Å². The van der Waals surface area contributed by atoms with Crippen LogP contribution in [-0.2, 0) is 27.9 Å². The maximum Gasteiger partial charge on any atom is 0.472 e. The number of ether oxygens (including phenoxy) is 2. The van der Waals surface area contributed by atoms with Gasteiger partial charge in [-0.25, -0.2) is 4.57 Å². The summed E-state index contributed by atoms with van der Waals surface area (Å²) in [6.45, 7) is 4.86. The molecule has 278 valence electrons. The molecule has 0 heterocycles. The first-order valence-corrected chi connectivity index (χ1v) is 20.8. The first-order valence-electron chi connectivity index (χ1n) is 19.3. The zero-order valence-electron chi connectivity index (χ0n) is 30.5. The van der Waals surface area contributed by atoms with Crippen molar-refractivity contribution in [2.75, 3.05) is 33.0 Å². The topological polar surface area (TPSA) is 117 Å². The van der Waals surface area contributed by atoms with E-state index in [0.717, 1.165) is 44.9 Å². The van der Waals surface area contributed by atoms with E-state index >= 15 is 0 Å². The van der Waals surface area contributed by atoms with Gasteiger partial charge in [0, 0.05) is 19.6 Å². The summed E-state index contributed by atoms with van der Waals surface area (Å²) in [5.41, 5.74) is 5.35. The number of esters is 1. The number of nitrogens with two attached hydrogens (primary N) is 1. The quantitative estimate of drug-likeness (QED) is 0.0287. The highest BCUT2D eigenvalue weighted by atomic mass is 31.2. The van der Waals surface area contributed by atoms with Crippen LogP contribution >= 0.6 is 7.82 Å². The summed E-state index contributed by atoms with van der Waals surface area (Å²) >= 11 is 0. The summed E-state index contributed by atoms with van der Waals surface area (Å²) in [6, 6.07) is 0. The lowest BCUT2D eigenvalue weighted by Crippen LogP contribution is -2.28. The summed E-state index contributed by atoms with van der Waals surface area (Å²) in [4.78, 5) is 22.4. The lowest BCUT2D eigenvalue weighted by molar-refractivity contribution is -0.154. The Kier molecular flexibility index (Phi) is 35.5. The van der Waals surface area contributed by atoms with Gasteiger partial charge in [-0.05, 0) is 38.5 Å². The van der Waals surface area contributed by atoms with E-state index in [-0.39, 0.29) is 32.3 Å². The Morgan fingerprint density at radius 1 is 0.638 bits per heavy atom. The van der Waals surface area contributed by atoms with E-state index in [2.05, 4.69) is 38.2 Å². The van der Waals surface area contributed by atoms with Crippen LogP contribution in [0.25, 0.3) is 0 Å². The van der Waals surface area contributed by atoms with Crippen molar-refractivity contribution in [1.82, 2.24) is 0 Å². The Balaban J connectivity index is 4.09. The molecule has 0 bridgehead atoms. The van der Waals surface area contributed by atoms with Crippen LogP contribution in [0.3, 0.4) is 0 Å². The molecule has 0 aliphatic heterocycles. The maximum atomic E-state index is 12.5. The van der Waals surface area contributed by atoms with Crippen LogP contribution < -0.4 is 5.73 Å². The average Bonchev–Trinajstić information content (AvgIpc) is 3.06. The standard InChI is InChI=1S/C38H74NO7P/c1-3-5-7-9-11-13-15-17-18-20-22-24-26-28-30-33-43-35-37(36-45-47(41,42)44-34-32-39)46-38(40)31-29-27-25-23-21-19-16-14-12-10-8-6-4-2/h9,11,15,17,37H,3-8,10,12-14,16,18-36,39H2,1-2H3,(H,41,42)/b11-9-,17-15-. The molecule has 0 saturated heterocycles. The average molecular weight is 688 g/mol. The molecule has 2 atom stereocenters. The number of phosphoric acid groups is 1. The van der Waals surface area contributed by atoms with Crippen LogP contribution in [0.15, 0.2) is 24.3 Å². The van der Waals surface area contributed by atoms with Crippen LogP contribution in [-0.4, -0.2) is 49.9 Å². The molecule has 2 unspecified atom stereocenters. The predicted molar refractivity (Wildman–Crippen MR) is 197 cm³/mol. The number of carbonyl (C=O) groups excluding carboxylic acids is 1. The van der Waals surface area contributed by atoms with Gasteiger partial charge in [0.05, 0.1) is 19.8 Å². The number of unbranched alkanes of at least 4 members (excludes halogenated alkanes) is 20. The number of phosphoric ester groups is 1. The largest absolute Gasteiger partial charge is 0.472 e. The predicted octanol–water partition coefficient (Wildman–Crippen LogP) is 10.9. The zero-order chi connectivity index (χ0) is 34.5. The monoisotopic (exact) mass is 688 g/mol. The summed E-state index contributed by atoms with van der Waals surface area (Å²) < 4.78 is 33.3. The molecule has 9 heteroatoms. The molecule has 0 aliphatic rings. The lowest BCUT2D eigenvalue weighted by Gasteiger charge is -2.20. The van der Waals surface area contributed by atoms with Gasteiger partial charge in [0.15, 0.2) is 0 Å². The third-order valence-electron chi connectivity index (χ3n) is 8.12. The molecule has 0 saturated carbocycles. The highest BCUT2D eigenvalue weighted by Gasteiger charge is 2.25. The highest BCUT2D eigenvalue weighted by Crippen LogP contribution is 2.43. The lowest BCUT2D eigenvalue weighted by atomic mass is 10.0. The molecule has 8 nitrogen and oxygen atoms in total. The van der Waals surface area contributed by atoms with E-state index in [9.17, 15) is 14.3 Å². The van der Waals surface area contributed by atoms with Crippen molar-refractivity contribution < 1.29 is 32.8 Å². The van der Waals surface area contributed by atoms with Crippen LogP contribution in [0.1, 0.15) is 174 Å². The van der Waals surface area contributed by atoms with Crippen molar-refractivity contribution in [3.8, 4) is 0 Å². The van der Waals surface area contributed by atoms with Crippen LogP contribution in [0, 0.1) is 0 Å². The van der Waals surface area contributed by atoms with Gasteiger partial charge in [-0.2, -0.15) is 0 Å². The molecule has 0 rings (SSSR count). The van der Waals surface area contributed by atoms with Crippen molar-refractivity contribution in [2.24, 2.45) is 5.73 Å². The van der Waals surface area contributed by atoms with Crippen molar-refractivity contribution in [1.29, 1.82) is 0 Å². The molecule has 0 aliphatic carbocycles. The van der Waals surface area contributed by atoms with Gasteiger partial charge in [0.25, 0.3) is 0 Å². The second-order valence-electron chi connectivity index (χ2n) is 12.8. The third kappa shape index (κ3) is 36.1. The minimum absolute atomic E-state index is 0.0960. The Labute approximate surface area is 289 Å². The summed E-state index contributed by atoms with van der Waals surface area (Å²) in [5, 5.41) is 0. The van der Waals surface area contributed by atoms with Crippen molar-refractivity contribution >= 4 is 13.8 Å². The molecule has 0 spiro atoms. The van der Waals surface area contributed by atoms with E-state index in [1.165, 1.54) is 109 Å². The van der Waals surface area contributed by atoms with Crippen molar-refractivity contribution in [3.63, 3.8) is 0 Å². The molecule has 3 N–H and O–H groups in total. The van der Waals surface area contributed by atoms with Crippen LogP contribution in [0.2, 0.25) is 0 Å². The fraction of sp³-hybridized carbons (Fsp3) is 0.868. The number of allylic oxidation sites excluding steroid dienone is 4. The number of hydrogen-bond donors (Lipinski definition) is 2. The molecule has 0 fully saturated rings. The summed E-state index contributed by atoms with van der Waals surface area (Å²) in [6.07, 6.45) is 37.5. The second-order valence-corrected chi connectivity index (χ2v) is 14.2. The number of rotatable bonds is 37. The van der Waals surface area contributed by atoms with E-state index in [1.54, 1.807) is 0 Å². The Bertz CT molecular complexity index is 777. The SMILES string of the molecule is CCCC/C=C\C/C=C\CCCCCCCCOCC(COP(=O)(O)OCCN)OC(=O)CCCCCCCCCCCCCCC. The van der Waals surface area contributed by atoms with Crippen molar-refractivity contribution in [3.05, 3.63) is 24.3 Å². The Morgan fingerprint density at radius 2 is 1.15 bits per heavy atom. The molecule has 0 aromatic carbocycles. The third-order valence-corrected chi connectivity index (χ3v) is 9.11. The number of carbonyl (C=O) groups is 1. The smallest absolute Gasteiger partial charge is 0.457 e. The van der Waals surface area contributed by atoms with E-state index in [4.69, 9.17) is 24.3 Å². The molecule has 0 aromatic heterocycles. The normalized spacial score (nSPS) is 13.9. The molecular weight excluding hydrogens is 613 g/mol. The first kappa shape index (κ1) is 46.0. The van der Waals surface area contributed by atoms with Gasteiger partial charge in [-0.15, -0.1) is 0 Å². The van der Waals surface area contributed by atoms with Gasteiger partial charge in [-0.1, -0.05) is 154 Å². The Morgan fingerprint density at radius 3 is 1.72 bits per heavy atom. The van der Waals surface area contributed by atoms with E-state index in [0.29, 0.717) is 13.0 Å². The van der Waals surface area contributed by atoms with Gasteiger partial charge in [0.1, 0.15) is 6.10 Å². The first-order chi connectivity index (χ1) is 22.9. The summed E-state index contributed by atoms with van der Waals surface area (Å²) in [7, 11) is -4.27.